The van der Waals surface area contributed by atoms with Crippen LogP contribution in [0.2, 0.25) is 0 Å². The summed E-state index contributed by atoms with van der Waals surface area (Å²) in [5, 5.41) is 3.73. The highest BCUT2D eigenvalue weighted by atomic mass is 15.3. The lowest BCUT2D eigenvalue weighted by Gasteiger charge is -2.48. The van der Waals surface area contributed by atoms with E-state index in [4.69, 9.17) is 0 Å². The summed E-state index contributed by atoms with van der Waals surface area (Å²) < 4.78 is 0. The fourth-order valence-electron chi connectivity index (χ4n) is 2.74. The minimum atomic E-state index is 0.237. The Morgan fingerprint density at radius 2 is 2.00 bits per heavy atom. The molecule has 2 atom stereocenters. The minimum Gasteiger partial charge on any atom is -0.365 e. The number of hydrogen-bond acceptors (Lipinski definition) is 2. The van der Waals surface area contributed by atoms with E-state index in [2.05, 4.69) is 68.2 Å². The van der Waals surface area contributed by atoms with E-state index >= 15 is 0 Å². The van der Waals surface area contributed by atoms with Gasteiger partial charge in [-0.3, -0.25) is 0 Å². The molecule has 0 amide bonds. The molecule has 1 fully saturated rings. The van der Waals surface area contributed by atoms with E-state index in [-0.39, 0.29) is 5.54 Å². The van der Waals surface area contributed by atoms with E-state index in [1.54, 1.807) is 0 Å². The van der Waals surface area contributed by atoms with E-state index in [9.17, 15) is 0 Å². The molecular formula is C16H26N2. The molecule has 0 aliphatic carbocycles. The maximum Gasteiger partial charge on any atom is 0.0438 e. The Labute approximate surface area is 111 Å². The zero-order valence-corrected chi connectivity index (χ0v) is 12.1. The highest BCUT2D eigenvalue weighted by Crippen LogP contribution is 2.27. The third-order valence-electron chi connectivity index (χ3n) is 4.30. The number of nitrogens with one attached hydrogen (secondary N) is 1. The lowest BCUT2D eigenvalue weighted by atomic mass is 9.89. The van der Waals surface area contributed by atoms with Gasteiger partial charge in [0.1, 0.15) is 0 Å². The van der Waals surface area contributed by atoms with Gasteiger partial charge in [-0.05, 0) is 31.4 Å². The van der Waals surface area contributed by atoms with Crippen LogP contribution < -0.4 is 10.2 Å². The smallest absolute Gasteiger partial charge is 0.0438 e. The number of piperazine rings is 1. The van der Waals surface area contributed by atoms with Crippen LogP contribution in [0, 0.1) is 5.92 Å². The van der Waals surface area contributed by atoms with Crippen LogP contribution in [-0.2, 0) is 0 Å². The average molecular weight is 246 g/mol. The van der Waals surface area contributed by atoms with Crippen molar-refractivity contribution in [1.29, 1.82) is 0 Å². The summed E-state index contributed by atoms with van der Waals surface area (Å²) in [6.45, 7) is 11.4. The first-order valence-corrected chi connectivity index (χ1v) is 7.12. The van der Waals surface area contributed by atoms with Gasteiger partial charge in [-0.25, -0.2) is 0 Å². The maximum atomic E-state index is 3.73. The minimum absolute atomic E-state index is 0.237. The van der Waals surface area contributed by atoms with E-state index in [1.807, 2.05) is 0 Å². The molecule has 0 radical (unpaired) electrons. The highest BCUT2D eigenvalue weighted by molar-refractivity contribution is 5.48. The molecule has 0 bridgehead atoms. The molecule has 1 aromatic rings. The Morgan fingerprint density at radius 3 is 2.56 bits per heavy atom. The van der Waals surface area contributed by atoms with Gasteiger partial charge in [0.25, 0.3) is 0 Å². The lowest BCUT2D eigenvalue weighted by molar-refractivity contribution is 0.253. The highest BCUT2D eigenvalue weighted by Gasteiger charge is 2.35. The number of rotatable bonds is 3. The number of hydrogen-bond donors (Lipinski definition) is 1. The second kappa shape index (κ2) is 5.31. The zero-order chi connectivity index (χ0) is 13.2. The van der Waals surface area contributed by atoms with Gasteiger partial charge in [0, 0.05) is 30.4 Å². The van der Waals surface area contributed by atoms with Gasteiger partial charge in [0.2, 0.25) is 0 Å². The van der Waals surface area contributed by atoms with Crippen LogP contribution in [0.15, 0.2) is 30.3 Å². The summed E-state index contributed by atoms with van der Waals surface area (Å²) >= 11 is 0. The fourth-order valence-corrected chi connectivity index (χ4v) is 2.74. The first-order chi connectivity index (χ1) is 8.56. The average Bonchev–Trinajstić information content (AvgIpc) is 2.39. The molecule has 1 heterocycles. The third kappa shape index (κ3) is 2.69. The van der Waals surface area contributed by atoms with Crippen LogP contribution >= 0.6 is 0 Å². The molecule has 2 unspecified atom stereocenters. The second-order valence-electron chi connectivity index (χ2n) is 6.07. The normalized spacial score (nSPS) is 28.7. The number of nitrogens with zero attached hydrogens (tertiary/aromatic N) is 1. The molecular weight excluding hydrogens is 220 g/mol. The summed E-state index contributed by atoms with van der Waals surface area (Å²) in [6, 6.07) is 11.4. The van der Waals surface area contributed by atoms with Crippen molar-refractivity contribution in [2.45, 2.75) is 45.7 Å². The molecule has 1 saturated heterocycles. The Morgan fingerprint density at radius 1 is 1.33 bits per heavy atom. The van der Waals surface area contributed by atoms with E-state index in [0.717, 1.165) is 13.1 Å². The maximum absolute atomic E-state index is 3.73. The molecule has 18 heavy (non-hydrogen) atoms. The zero-order valence-electron chi connectivity index (χ0n) is 12.1. The molecule has 1 N–H and O–H groups in total. The Hall–Kier alpha value is -1.02. The summed E-state index contributed by atoms with van der Waals surface area (Å²) in [5.41, 5.74) is 1.60. The molecule has 0 saturated carbocycles. The summed E-state index contributed by atoms with van der Waals surface area (Å²) in [6.07, 6.45) is 1.17. The van der Waals surface area contributed by atoms with Crippen molar-refractivity contribution < 1.29 is 0 Å². The summed E-state index contributed by atoms with van der Waals surface area (Å²) in [7, 11) is 0. The Kier molecular flexibility index (Phi) is 3.96. The van der Waals surface area contributed by atoms with E-state index in [1.165, 1.54) is 12.1 Å². The predicted octanol–water partition coefficient (Wildman–Crippen LogP) is 3.29. The molecule has 0 spiro atoms. The topological polar surface area (TPSA) is 15.3 Å². The van der Waals surface area contributed by atoms with Crippen molar-refractivity contribution >= 4 is 5.69 Å². The van der Waals surface area contributed by atoms with Gasteiger partial charge in [0.05, 0.1) is 0 Å². The first-order valence-electron chi connectivity index (χ1n) is 7.12. The Bertz CT molecular complexity index is 374. The van der Waals surface area contributed by atoms with Gasteiger partial charge in [0.15, 0.2) is 0 Å². The molecule has 2 heteroatoms. The van der Waals surface area contributed by atoms with Gasteiger partial charge in [-0.15, -0.1) is 0 Å². The van der Waals surface area contributed by atoms with Crippen LogP contribution in [0.25, 0.3) is 0 Å². The molecule has 1 aliphatic rings. The van der Waals surface area contributed by atoms with Gasteiger partial charge >= 0.3 is 0 Å². The fraction of sp³-hybridized carbons (Fsp3) is 0.625. The first kappa shape index (κ1) is 13.4. The van der Waals surface area contributed by atoms with Crippen molar-refractivity contribution in [1.82, 2.24) is 5.32 Å². The van der Waals surface area contributed by atoms with Gasteiger partial charge in [-0.1, -0.05) is 39.0 Å². The third-order valence-corrected chi connectivity index (χ3v) is 4.30. The van der Waals surface area contributed by atoms with Crippen LogP contribution in [0.3, 0.4) is 0 Å². The molecule has 100 valence electrons. The number of benzene rings is 1. The molecule has 1 aliphatic heterocycles. The van der Waals surface area contributed by atoms with Crippen molar-refractivity contribution in [3.8, 4) is 0 Å². The van der Waals surface area contributed by atoms with Crippen LogP contribution in [-0.4, -0.2) is 24.7 Å². The number of para-hydroxylation sites is 1. The van der Waals surface area contributed by atoms with E-state index < -0.39 is 0 Å². The van der Waals surface area contributed by atoms with Crippen LogP contribution in [0.5, 0.6) is 0 Å². The SMILES string of the molecule is CCC1(C)CN(c2ccccc2)C(C(C)C)CN1. The largest absolute Gasteiger partial charge is 0.365 e. The van der Waals surface area contributed by atoms with Crippen molar-refractivity contribution in [2.75, 3.05) is 18.0 Å². The van der Waals surface area contributed by atoms with Crippen LogP contribution in [0.1, 0.15) is 34.1 Å². The molecule has 1 aromatic carbocycles. The standard InChI is InChI=1S/C16H26N2/c1-5-16(4)12-18(14-9-7-6-8-10-14)15(11-17-16)13(2)3/h6-10,13,15,17H,5,11-12H2,1-4H3. The lowest BCUT2D eigenvalue weighted by Crippen LogP contribution is -2.64. The number of anilines is 1. The molecule has 0 aromatic heterocycles. The summed E-state index contributed by atoms with van der Waals surface area (Å²) in [5.74, 6) is 0.666. The van der Waals surface area contributed by atoms with Gasteiger partial charge in [-0.2, -0.15) is 0 Å². The van der Waals surface area contributed by atoms with E-state index in [0.29, 0.717) is 12.0 Å². The predicted molar refractivity (Wildman–Crippen MR) is 79.1 cm³/mol. The second-order valence-corrected chi connectivity index (χ2v) is 6.07. The van der Waals surface area contributed by atoms with Crippen LogP contribution in [0.4, 0.5) is 5.69 Å². The Balaban J connectivity index is 2.26. The monoisotopic (exact) mass is 246 g/mol. The van der Waals surface area contributed by atoms with Crippen molar-refractivity contribution in [3.05, 3.63) is 30.3 Å². The summed E-state index contributed by atoms with van der Waals surface area (Å²) in [4.78, 5) is 2.59. The van der Waals surface area contributed by atoms with Crippen molar-refractivity contribution in [3.63, 3.8) is 0 Å². The van der Waals surface area contributed by atoms with Crippen molar-refractivity contribution in [2.24, 2.45) is 5.92 Å². The quantitative estimate of drug-likeness (QED) is 0.880. The molecule has 2 nitrogen and oxygen atoms in total. The molecule has 2 rings (SSSR count). The van der Waals surface area contributed by atoms with Gasteiger partial charge < -0.3 is 10.2 Å².